The molecular formula is C9H9IN2O5. The van der Waals surface area contributed by atoms with Crippen molar-refractivity contribution in [1.82, 2.24) is 9.55 Å². The molecule has 92 valence electrons. The van der Waals surface area contributed by atoms with E-state index in [1.165, 1.54) is 10.8 Å². The van der Waals surface area contributed by atoms with Crippen molar-refractivity contribution in [2.45, 2.75) is 12.6 Å². The first-order valence-electron chi connectivity index (χ1n) is 4.72. The molecule has 2 rings (SSSR count). The van der Waals surface area contributed by atoms with E-state index in [-0.39, 0.29) is 17.9 Å². The van der Waals surface area contributed by atoms with E-state index in [0.29, 0.717) is 3.57 Å². The molecule has 0 saturated heterocycles. The van der Waals surface area contributed by atoms with E-state index in [1.807, 2.05) is 0 Å². The molecule has 7 nitrogen and oxygen atoms in total. The number of hydrogen-bond acceptors (Lipinski definition) is 5. The fraction of sp³-hybridized carbons (Fsp3) is 0.333. The summed E-state index contributed by atoms with van der Waals surface area (Å²) in [5, 5.41) is 18.3. The van der Waals surface area contributed by atoms with E-state index in [9.17, 15) is 14.7 Å². The van der Waals surface area contributed by atoms with Crippen LogP contribution in [-0.4, -0.2) is 26.4 Å². The van der Waals surface area contributed by atoms with Gasteiger partial charge in [0, 0.05) is 6.20 Å². The van der Waals surface area contributed by atoms with Crippen LogP contribution in [0.3, 0.4) is 0 Å². The van der Waals surface area contributed by atoms with Crippen molar-refractivity contribution >= 4 is 22.6 Å². The monoisotopic (exact) mass is 352 g/mol. The van der Waals surface area contributed by atoms with Crippen molar-refractivity contribution in [3.63, 3.8) is 0 Å². The van der Waals surface area contributed by atoms with Gasteiger partial charge in [0.15, 0.2) is 12.0 Å². The van der Waals surface area contributed by atoms with E-state index in [0.717, 1.165) is 0 Å². The minimum atomic E-state index is -0.741. The Kier molecular flexibility index (Phi) is 3.24. The number of ether oxygens (including phenoxy) is 1. The predicted octanol–water partition coefficient (Wildman–Crippen LogP) is -0.178. The van der Waals surface area contributed by atoms with Gasteiger partial charge in [-0.3, -0.25) is 14.3 Å². The summed E-state index contributed by atoms with van der Waals surface area (Å²) in [5.74, 6) is -0.0475. The molecule has 1 aromatic heterocycles. The first-order chi connectivity index (χ1) is 8.02. The van der Waals surface area contributed by atoms with Gasteiger partial charge in [-0.15, -0.1) is 0 Å². The average molecular weight is 352 g/mol. The highest BCUT2D eigenvalue weighted by atomic mass is 127. The SMILES string of the molecule is O=c1[nH]c(=O)n([C@@H]2CC(O)=C(CO)O2)cc1I. The number of aromatic amines is 1. The lowest BCUT2D eigenvalue weighted by molar-refractivity contribution is 0.0589. The third-order valence-electron chi connectivity index (χ3n) is 2.35. The summed E-state index contributed by atoms with van der Waals surface area (Å²) in [7, 11) is 0. The molecule has 1 aliphatic rings. The van der Waals surface area contributed by atoms with Crippen molar-refractivity contribution in [2.75, 3.05) is 6.61 Å². The number of hydrogen-bond donors (Lipinski definition) is 3. The zero-order chi connectivity index (χ0) is 12.6. The van der Waals surface area contributed by atoms with E-state index >= 15 is 0 Å². The maximum absolute atomic E-state index is 11.5. The van der Waals surface area contributed by atoms with Gasteiger partial charge in [0.2, 0.25) is 0 Å². The van der Waals surface area contributed by atoms with Gasteiger partial charge in [-0.25, -0.2) is 4.79 Å². The summed E-state index contributed by atoms with van der Waals surface area (Å²) < 4.78 is 6.71. The lowest BCUT2D eigenvalue weighted by Gasteiger charge is -2.14. The quantitative estimate of drug-likeness (QED) is 0.641. The van der Waals surface area contributed by atoms with Crippen molar-refractivity contribution in [3.05, 3.63) is 42.1 Å². The van der Waals surface area contributed by atoms with Crippen molar-refractivity contribution in [3.8, 4) is 0 Å². The molecule has 0 aromatic carbocycles. The lowest BCUT2D eigenvalue weighted by Crippen LogP contribution is -2.33. The van der Waals surface area contributed by atoms with Gasteiger partial charge < -0.3 is 14.9 Å². The molecule has 1 atom stereocenters. The number of aliphatic hydroxyl groups is 2. The Morgan fingerprint density at radius 1 is 1.59 bits per heavy atom. The Morgan fingerprint density at radius 2 is 2.29 bits per heavy atom. The number of rotatable bonds is 2. The first kappa shape index (κ1) is 12.2. The van der Waals surface area contributed by atoms with Gasteiger partial charge in [-0.05, 0) is 22.6 Å². The molecule has 1 aromatic rings. The Bertz CT molecular complexity index is 588. The Labute approximate surface area is 108 Å². The summed E-state index contributed by atoms with van der Waals surface area (Å²) >= 11 is 1.79. The number of aliphatic hydroxyl groups excluding tert-OH is 2. The van der Waals surface area contributed by atoms with Gasteiger partial charge in [0.05, 0.1) is 9.99 Å². The summed E-state index contributed by atoms with van der Waals surface area (Å²) in [6.45, 7) is -0.433. The van der Waals surface area contributed by atoms with Gasteiger partial charge in [-0.1, -0.05) is 0 Å². The molecule has 0 spiro atoms. The van der Waals surface area contributed by atoms with E-state index in [1.54, 1.807) is 22.6 Å². The largest absolute Gasteiger partial charge is 0.508 e. The molecule has 8 heteroatoms. The maximum Gasteiger partial charge on any atom is 0.331 e. The van der Waals surface area contributed by atoms with Crippen molar-refractivity contribution < 1.29 is 14.9 Å². The summed E-state index contributed by atoms with van der Waals surface area (Å²) in [6, 6.07) is 0. The number of aromatic nitrogens is 2. The molecule has 0 aliphatic carbocycles. The Morgan fingerprint density at radius 3 is 2.88 bits per heavy atom. The molecule has 0 fully saturated rings. The molecule has 1 aliphatic heterocycles. The van der Waals surface area contributed by atoms with E-state index < -0.39 is 24.1 Å². The Hall–Kier alpha value is -1.29. The first-order valence-corrected chi connectivity index (χ1v) is 5.80. The van der Waals surface area contributed by atoms with Crippen LogP contribution < -0.4 is 11.2 Å². The Balaban J connectivity index is 2.36. The highest BCUT2D eigenvalue weighted by Crippen LogP contribution is 2.29. The maximum atomic E-state index is 11.5. The highest BCUT2D eigenvalue weighted by molar-refractivity contribution is 14.1. The second kappa shape index (κ2) is 4.53. The second-order valence-electron chi connectivity index (χ2n) is 3.45. The minimum Gasteiger partial charge on any atom is -0.508 e. The van der Waals surface area contributed by atoms with Crippen LogP contribution in [0.1, 0.15) is 12.6 Å². The van der Waals surface area contributed by atoms with Gasteiger partial charge in [0.25, 0.3) is 5.56 Å². The fourth-order valence-corrected chi connectivity index (χ4v) is 1.95. The average Bonchev–Trinajstić information content (AvgIpc) is 2.65. The van der Waals surface area contributed by atoms with Crippen LogP contribution >= 0.6 is 22.6 Å². The molecule has 3 N–H and O–H groups in total. The zero-order valence-corrected chi connectivity index (χ0v) is 10.7. The number of nitrogens with zero attached hydrogens (tertiary/aromatic N) is 1. The molecular weight excluding hydrogens is 343 g/mol. The lowest BCUT2D eigenvalue weighted by atomic mass is 10.3. The molecule has 0 unspecified atom stereocenters. The topological polar surface area (TPSA) is 105 Å². The van der Waals surface area contributed by atoms with Gasteiger partial charge in [-0.2, -0.15) is 0 Å². The molecule has 17 heavy (non-hydrogen) atoms. The van der Waals surface area contributed by atoms with E-state index in [4.69, 9.17) is 9.84 Å². The highest BCUT2D eigenvalue weighted by Gasteiger charge is 2.27. The van der Waals surface area contributed by atoms with Crippen LogP contribution in [0.2, 0.25) is 0 Å². The fourth-order valence-electron chi connectivity index (χ4n) is 1.51. The number of halogens is 1. The third kappa shape index (κ3) is 2.22. The normalized spacial score (nSPS) is 19.5. The van der Waals surface area contributed by atoms with Gasteiger partial charge in [0.1, 0.15) is 12.4 Å². The van der Waals surface area contributed by atoms with Crippen molar-refractivity contribution in [2.24, 2.45) is 0 Å². The molecule has 0 bridgehead atoms. The minimum absolute atomic E-state index is 0.0445. The van der Waals surface area contributed by atoms with Crippen LogP contribution in [-0.2, 0) is 4.74 Å². The second-order valence-corrected chi connectivity index (χ2v) is 4.61. The predicted molar refractivity (Wildman–Crippen MR) is 65.5 cm³/mol. The summed E-state index contributed by atoms with van der Waals surface area (Å²) in [5.41, 5.74) is -1.09. The standard InChI is InChI=1S/C9H9IN2O5/c10-4-2-12(9(16)11-8(4)15)7-1-5(14)6(3-13)17-7/h2,7,13-14H,1,3H2,(H,11,15,16)/t7-/m0/s1. The van der Waals surface area contributed by atoms with Crippen LogP contribution in [0.15, 0.2) is 27.3 Å². The third-order valence-corrected chi connectivity index (χ3v) is 3.11. The van der Waals surface area contributed by atoms with E-state index in [2.05, 4.69) is 4.98 Å². The van der Waals surface area contributed by atoms with Crippen LogP contribution in [0.4, 0.5) is 0 Å². The zero-order valence-electron chi connectivity index (χ0n) is 8.51. The molecule has 2 heterocycles. The van der Waals surface area contributed by atoms with Crippen LogP contribution in [0.25, 0.3) is 0 Å². The van der Waals surface area contributed by atoms with Crippen LogP contribution in [0, 0.1) is 3.57 Å². The van der Waals surface area contributed by atoms with Crippen LogP contribution in [0.5, 0.6) is 0 Å². The summed E-state index contributed by atoms with van der Waals surface area (Å²) in [4.78, 5) is 24.9. The van der Waals surface area contributed by atoms with Crippen molar-refractivity contribution in [1.29, 1.82) is 0 Å². The summed E-state index contributed by atoms with van der Waals surface area (Å²) in [6.07, 6.45) is 0.688. The van der Waals surface area contributed by atoms with Gasteiger partial charge >= 0.3 is 5.69 Å². The molecule has 0 saturated carbocycles. The number of nitrogens with one attached hydrogen (secondary N) is 1. The molecule has 0 amide bonds. The number of H-pyrrole nitrogens is 1. The smallest absolute Gasteiger partial charge is 0.331 e. The molecule has 0 radical (unpaired) electrons.